The summed E-state index contributed by atoms with van der Waals surface area (Å²) in [5.41, 5.74) is 3.21. The maximum Gasteiger partial charge on any atom is 0.287 e. The molecule has 0 unspecified atom stereocenters. The van der Waals surface area contributed by atoms with E-state index in [1.807, 2.05) is 18.2 Å². The zero-order valence-corrected chi connectivity index (χ0v) is 20.5. The van der Waals surface area contributed by atoms with Crippen LogP contribution in [-0.4, -0.2) is 53.7 Å². The number of furan rings is 1. The molecule has 3 N–H and O–H groups in total. The Balaban J connectivity index is 0.00000304. The van der Waals surface area contributed by atoms with Gasteiger partial charge in [0.15, 0.2) is 5.76 Å². The zero-order chi connectivity index (χ0) is 24.2. The number of benzene rings is 2. The van der Waals surface area contributed by atoms with Gasteiger partial charge in [0.05, 0.1) is 6.54 Å². The standard InChI is InChI=1S/C27H27N3O5.ClH/c31-26(29-33)19-5-3-18(4-6-19)2-1-13-28-27(32)25-17-20-16-23(9-10-24(20)35-25)34-22-11-14-30(15-12-22)21-7-8-21;/h3-6,9-10,16-17,21-22,33H,7-8,11-15H2,(H,28,32)(H,29,31);1H. The number of carbonyl (C=O) groups excluding carboxylic acids is 2. The molecule has 0 radical (unpaired) electrons. The number of ether oxygens (including phenoxy) is 1. The van der Waals surface area contributed by atoms with Crippen molar-refractivity contribution in [2.24, 2.45) is 0 Å². The Labute approximate surface area is 215 Å². The number of rotatable bonds is 6. The van der Waals surface area contributed by atoms with Crippen LogP contribution in [-0.2, 0) is 0 Å². The molecule has 0 spiro atoms. The molecule has 2 aromatic carbocycles. The van der Waals surface area contributed by atoms with Crippen molar-refractivity contribution >= 4 is 35.2 Å². The molecular formula is C27H28ClN3O5. The van der Waals surface area contributed by atoms with Gasteiger partial charge in [0.25, 0.3) is 11.8 Å². The second kappa shape index (κ2) is 11.5. The van der Waals surface area contributed by atoms with Crippen LogP contribution >= 0.6 is 12.4 Å². The van der Waals surface area contributed by atoms with Crippen molar-refractivity contribution in [1.29, 1.82) is 0 Å². The van der Waals surface area contributed by atoms with Gasteiger partial charge in [0.2, 0.25) is 0 Å². The highest BCUT2D eigenvalue weighted by atomic mass is 35.5. The molecule has 0 bridgehead atoms. The Bertz CT molecular complexity index is 1280. The van der Waals surface area contributed by atoms with Crippen molar-refractivity contribution < 1.29 is 24.0 Å². The van der Waals surface area contributed by atoms with Crippen LogP contribution in [0.15, 0.2) is 52.9 Å². The van der Waals surface area contributed by atoms with Crippen LogP contribution < -0.4 is 15.5 Å². The van der Waals surface area contributed by atoms with Crippen molar-refractivity contribution in [2.45, 2.75) is 37.8 Å². The molecule has 2 aliphatic rings. The van der Waals surface area contributed by atoms with E-state index in [9.17, 15) is 9.59 Å². The molecule has 0 atom stereocenters. The van der Waals surface area contributed by atoms with E-state index in [0.717, 1.165) is 43.1 Å². The smallest absolute Gasteiger partial charge is 0.287 e. The number of carbonyl (C=O) groups is 2. The maximum atomic E-state index is 12.5. The summed E-state index contributed by atoms with van der Waals surface area (Å²) in [6.07, 6.45) is 4.98. The summed E-state index contributed by atoms with van der Waals surface area (Å²) in [4.78, 5) is 26.4. The SMILES string of the molecule is Cl.O=C(NO)c1ccc(C#CCNC(=O)c2cc3cc(OC4CCN(C5CC5)CC4)ccc3o2)cc1. The molecule has 9 heteroatoms. The van der Waals surface area contributed by atoms with Gasteiger partial charge in [0.1, 0.15) is 17.4 Å². The summed E-state index contributed by atoms with van der Waals surface area (Å²) < 4.78 is 11.9. The normalized spacial score (nSPS) is 15.9. The summed E-state index contributed by atoms with van der Waals surface area (Å²) in [5.74, 6) is 5.86. The molecular weight excluding hydrogens is 482 g/mol. The number of hydroxylamine groups is 1. The minimum atomic E-state index is -0.588. The molecule has 36 heavy (non-hydrogen) atoms. The van der Waals surface area contributed by atoms with Crippen LogP contribution in [0, 0.1) is 11.8 Å². The Hall–Kier alpha value is -3.51. The van der Waals surface area contributed by atoms with Crippen LogP contribution in [0.1, 0.15) is 52.2 Å². The first-order chi connectivity index (χ1) is 17.1. The molecule has 188 valence electrons. The van der Waals surface area contributed by atoms with E-state index in [-0.39, 0.29) is 36.7 Å². The number of halogens is 1. The van der Waals surface area contributed by atoms with E-state index in [4.69, 9.17) is 14.4 Å². The molecule has 1 aliphatic heterocycles. The minimum absolute atomic E-state index is 0. The predicted molar refractivity (Wildman–Crippen MR) is 137 cm³/mol. The fourth-order valence-corrected chi connectivity index (χ4v) is 4.32. The van der Waals surface area contributed by atoms with Crippen molar-refractivity contribution in [1.82, 2.24) is 15.7 Å². The minimum Gasteiger partial charge on any atom is -0.490 e. The average molecular weight is 510 g/mol. The van der Waals surface area contributed by atoms with Crippen molar-refractivity contribution in [3.8, 4) is 17.6 Å². The van der Waals surface area contributed by atoms with Crippen LogP contribution in [0.3, 0.4) is 0 Å². The number of piperidine rings is 1. The zero-order valence-electron chi connectivity index (χ0n) is 19.7. The van der Waals surface area contributed by atoms with Gasteiger partial charge in [-0.1, -0.05) is 11.8 Å². The van der Waals surface area contributed by atoms with Gasteiger partial charge in [-0.2, -0.15) is 0 Å². The second-order valence-electron chi connectivity index (χ2n) is 8.90. The number of hydrogen-bond acceptors (Lipinski definition) is 6. The van der Waals surface area contributed by atoms with E-state index >= 15 is 0 Å². The van der Waals surface area contributed by atoms with Gasteiger partial charge >= 0.3 is 0 Å². The number of nitrogens with one attached hydrogen (secondary N) is 2. The monoisotopic (exact) mass is 509 g/mol. The van der Waals surface area contributed by atoms with Crippen LogP contribution in [0.4, 0.5) is 0 Å². The Kier molecular flexibility index (Phi) is 8.16. The highest BCUT2D eigenvalue weighted by molar-refractivity contribution is 5.96. The Morgan fingerprint density at radius 3 is 2.47 bits per heavy atom. The molecule has 1 aliphatic carbocycles. The van der Waals surface area contributed by atoms with Crippen molar-refractivity contribution in [3.63, 3.8) is 0 Å². The lowest BCUT2D eigenvalue weighted by Crippen LogP contribution is -2.39. The van der Waals surface area contributed by atoms with Gasteiger partial charge in [-0.05, 0) is 74.2 Å². The van der Waals surface area contributed by atoms with Crippen LogP contribution in [0.2, 0.25) is 0 Å². The molecule has 2 amide bonds. The number of hydrogen-bond donors (Lipinski definition) is 3. The number of likely N-dealkylation sites (tertiary alicyclic amines) is 1. The highest BCUT2D eigenvalue weighted by Crippen LogP contribution is 2.31. The van der Waals surface area contributed by atoms with Crippen LogP contribution in [0.5, 0.6) is 5.75 Å². The van der Waals surface area contributed by atoms with Gasteiger partial charge in [-0.15, -0.1) is 12.4 Å². The summed E-state index contributed by atoms with van der Waals surface area (Å²) >= 11 is 0. The number of fused-ring (bicyclic) bond motifs is 1. The lowest BCUT2D eigenvalue weighted by Gasteiger charge is -2.32. The highest BCUT2D eigenvalue weighted by Gasteiger charge is 2.32. The molecule has 5 rings (SSSR count). The Morgan fingerprint density at radius 2 is 1.78 bits per heavy atom. The summed E-state index contributed by atoms with van der Waals surface area (Å²) in [6.45, 7) is 2.34. The largest absolute Gasteiger partial charge is 0.490 e. The quantitative estimate of drug-likeness (QED) is 0.265. The first-order valence-corrected chi connectivity index (χ1v) is 11.8. The third kappa shape index (κ3) is 6.18. The van der Waals surface area contributed by atoms with E-state index in [0.29, 0.717) is 16.7 Å². The van der Waals surface area contributed by atoms with Crippen molar-refractivity contribution in [2.75, 3.05) is 19.6 Å². The fraction of sp³-hybridized carbons (Fsp3) is 0.333. The second-order valence-corrected chi connectivity index (χ2v) is 8.90. The van der Waals surface area contributed by atoms with Gasteiger partial charge in [0, 0.05) is 35.6 Å². The van der Waals surface area contributed by atoms with E-state index < -0.39 is 5.91 Å². The molecule has 1 aromatic heterocycles. The third-order valence-corrected chi connectivity index (χ3v) is 6.37. The maximum absolute atomic E-state index is 12.5. The first kappa shape index (κ1) is 25.6. The summed E-state index contributed by atoms with van der Waals surface area (Å²) in [6, 6.07) is 14.6. The first-order valence-electron chi connectivity index (χ1n) is 11.8. The Morgan fingerprint density at radius 1 is 1.03 bits per heavy atom. The lowest BCUT2D eigenvalue weighted by atomic mass is 10.1. The van der Waals surface area contributed by atoms with E-state index in [1.165, 1.54) is 12.8 Å². The van der Waals surface area contributed by atoms with Gasteiger partial charge in [-0.25, -0.2) is 5.48 Å². The van der Waals surface area contributed by atoms with E-state index in [2.05, 4.69) is 22.1 Å². The molecule has 2 heterocycles. The lowest BCUT2D eigenvalue weighted by molar-refractivity contribution is 0.0706. The van der Waals surface area contributed by atoms with Crippen LogP contribution in [0.25, 0.3) is 11.0 Å². The summed E-state index contributed by atoms with van der Waals surface area (Å²) in [7, 11) is 0. The van der Waals surface area contributed by atoms with E-state index in [1.54, 1.807) is 35.8 Å². The number of amides is 2. The topological polar surface area (TPSA) is 104 Å². The molecule has 2 fully saturated rings. The molecule has 1 saturated heterocycles. The summed E-state index contributed by atoms with van der Waals surface area (Å²) in [5, 5.41) is 12.2. The van der Waals surface area contributed by atoms with Crippen molar-refractivity contribution in [3.05, 3.63) is 65.4 Å². The van der Waals surface area contributed by atoms with Gasteiger partial charge < -0.3 is 19.4 Å². The average Bonchev–Trinajstić information content (AvgIpc) is 3.65. The fourth-order valence-electron chi connectivity index (χ4n) is 4.32. The van der Waals surface area contributed by atoms with Gasteiger partial charge in [-0.3, -0.25) is 14.8 Å². The molecule has 1 saturated carbocycles. The molecule has 3 aromatic rings. The predicted octanol–water partition coefficient (Wildman–Crippen LogP) is 3.76. The number of nitrogens with zero attached hydrogens (tertiary/aromatic N) is 1. The third-order valence-electron chi connectivity index (χ3n) is 6.37. The molecule has 8 nitrogen and oxygen atoms in total.